The summed E-state index contributed by atoms with van der Waals surface area (Å²) in [7, 11) is 1.56. The molecule has 0 saturated heterocycles. The molecule has 1 aromatic carbocycles. The molecule has 1 aliphatic rings. The van der Waals surface area contributed by atoms with Crippen molar-refractivity contribution in [1.29, 1.82) is 0 Å². The van der Waals surface area contributed by atoms with Gasteiger partial charge in [-0.15, -0.1) is 0 Å². The molecule has 1 atom stereocenters. The molecule has 114 valence electrons. The van der Waals surface area contributed by atoms with Crippen LogP contribution in [0, 0.1) is 0 Å². The fourth-order valence-electron chi connectivity index (χ4n) is 2.00. The predicted molar refractivity (Wildman–Crippen MR) is 75.1 cm³/mol. The minimum Gasteiger partial charge on any atom is -0.477 e. The third-order valence-electron chi connectivity index (χ3n) is 3.05. The first-order valence-corrected chi connectivity index (χ1v) is 6.55. The van der Waals surface area contributed by atoms with Gasteiger partial charge < -0.3 is 24.8 Å². The Labute approximate surface area is 122 Å². The summed E-state index contributed by atoms with van der Waals surface area (Å²) in [6, 6.07) is 6.99. The number of methoxy groups -OCH3 is 1. The molecule has 0 bridgehead atoms. The quantitative estimate of drug-likeness (QED) is 0.742. The molecule has 1 aromatic rings. The van der Waals surface area contributed by atoms with Crippen molar-refractivity contribution < 1.29 is 23.8 Å². The molecule has 0 saturated carbocycles. The van der Waals surface area contributed by atoms with E-state index in [4.69, 9.17) is 19.9 Å². The molecule has 2 rings (SSSR count). The first-order chi connectivity index (χ1) is 10.1. The lowest BCUT2D eigenvalue weighted by Gasteiger charge is -2.33. The third kappa shape index (κ3) is 3.71. The van der Waals surface area contributed by atoms with Gasteiger partial charge in [-0.05, 0) is 12.1 Å². The van der Waals surface area contributed by atoms with Gasteiger partial charge in [0, 0.05) is 7.11 Å². The molecule has 0 aromatic heterocycles. The highest BCUT2D eigenvalue weighted by atomic mass is 16.5. The van der Waals surface area contributed by atoms with Crippen LogP contribution in [0.2, 0.25) is 0 Å². The van der Waals surface area contributed by atoms with Crippen molar-refractivity contribution in [2.45, 2.75) is 6.10 Å². The van der Waals surface area contributed by atoms with Crippen LogP contribution in [-0.2, 0) is 19.1 Å². The Hall–Kier alpha value is -2.12. The standard InChI is InChI=1S/C14H18N2O5/c1-19-6-7-20-9-13(17)16-8-12(14(15)18)21-11-5-3-2-4-10(11)16/h2-5,12H,6-9H2,1H3,(H2,15,18). The number of fused-ring (bicyclic) bond motifs is 1. The summed E-state index contributed by atoms with van der Waals surface area (Å²) in [5, 5.41) is 0. The summed E-state index contributed by atoms with van der Waals surface area (Å²) in [5.74, 6) is -0.409. The van der Waals surface area contributed by atoms with Crippen LogP contribution in [0.15, 0.2) is 24.3 Å². The molecule has 0 spiro atoms. The summed E-state index contributed by atoms with van der Waals surface area (Å²) < 4.78 is 15.6. The number of para-hydroxylation sites is 2. The van der Waals surface area contributed by atoms with Crippen molar-refractivity contribution in [3.05, 3.63) is 24.3 Å². The molecular formula is C14H18N2O5. The lowest BCUT2D eigenvalue weighted by molar-refractivity contribution is -0.126. The lowest BCUT2D eigenvalue weighted by atomic mass is 10.2. The molecule has 2 amide bonds. The largest absolute Gasteiger partial charge is 0.477 e. The smallest absolute Gasteiger partial charge is 0.260 e. The number of primary amides is 1. The molecule has 2 N–H and O–H groups in total. The number of rotatable bonds is 6. The lowest BCUT2D eigenvalue weighted by Crippen LogP contribution is -2.50. The molecule has 21 heavy (non-hydrogen) atoms. The van der Waals surface area contributed by atoms with Crippen LogP contribution in [0.25, 0.3) is 0 Å². The summed E-state index contributed by atoms with van der Waals surface area (Å²) in [5.41, 5.74) is 5.88. The van der Waals surface area contributed by atoms with Crippen LogP contribution >= 0.6 is 0 Å². The van der Waals surface area contributed by atoms with Gasteiger partial charge in [0.05, 0.1) is 25.4 Å². The number of hydrogen-bond acceptors (Lipinski definition) is 5. The molecule has 1 heterocycles. The second kappa shape index (κ2) is 7.05. The Morgan fingerprint density at radius 2 is 2.14 bits per heavy atom. The maximum absolute atomic E-state index is 12.2. The number of anilines is 1. The van der Waals surface area contributed by atoms with E-state index in [0.717, 1.165) is 0 Å². The van der Waals surface area contributed by atoms with Gasteiger partial charge in [0.1, 0.15) is 12.4 Å². The first kappa shape index (κ1) is 15.3. The van der Waals surface area contributed by atoms with E-state index in [9.17, 15) is 9.59 Å². The molecule has 1 unspecified atom stereocenters. The minimum atomic E-state index is -0.858. The number of nitrogens with zero attached hydrogens (tertiary/aromatic N) is 1. The molecule has 0 radical (unpaired) electrons. The van der Waals surface area contributed by atoms with E-state index >= 15 is 0 Å². The van der Waals surface area contributed by atoms with Gasteiger partial charge in [0.2, 0.25) is 0 Å². The number of nitrogens with two attached hydrogens (primary N) is 1. The summed E-state index contributed by atoms with van der Waals surface area (Å²) >= 11 is 0. The predicted octanol–water partition coefficient (Wildman–Crippen LogP) is -0.0711. The van der Waals surface area contributed by atoms with Crippen LogP contribution in [0.5, 0.6) is 5.75 Å². The first-order valence-electron chi connectivity index (χ1n) is 6.55. The molecule has 7 heteroatoms. The van der Waals surface area contributed by atoms with Gasteiger partial charge in [-0.3, -0.25) is 9.59 Å². The van der Waals surface area contributed by atoms with Crippen molar-refractivity contribution in [1.82, 2.24) is 0 Å². The van der Waals surface area contributed by atoms with E-state index in [1.807, 2.05) is 0 Å². The highest BCUT2D eigenvalue weighted by Crippen LogP contribution is 2.33. The van der Waals surface area contributed by atoms with Crippen LogP contribution in [0.3, 0.4) is 0 Å². The van der Waals surface area contributed by atoms with Gasteiger partial charge in [-0.25, -0.2) is 0 Å². The number of hydrogen-bond donors (Lipinski definition) is 1. The molecule has 1 aliphatic heterocycles. The third-order valence-corrected chi connectivity index (χ3v) is 3.05. The van der Waals surface area contributed by atoms with E-state index in [0.29, 0.717) is 24.7 Å². The second-order valence-corrected chi connectivity index (χ2v) is 4.53. The minimum absolute atomic E-state index is 0.0822. The zero-order valence-corrected chi connectivity index (χ0v) is 11.8. The highest BCUT2D eigenvalue weighted by Gasteiger charge is 2.32. The van der Waals surface area contributed by atoms with Crippen molar-refractivity contribution >= 4 is 17.5 Å². The zero-order valence-electron chi connectivity index (χ0n) is 11.8. The van der Waals surface area contributed by atoms with E-state index < -0.39 is 12.0 Å². The average Bonchev–Trinajstić information content (AvgIpc) is 2.50. The SMILES string of the molecule is COCCOCC(=O)N1CC(C(N)=O)Oc2ccccc21. The molecular weight excluding hydrogens is 276 g/mol. The summed E-state index contributed by atoms with van der Waals surface area (Å²) in [4.78, 5) is 25.0. The Balaban J connectivity index is 2.09. The maximum atomic E-state index is 12.2. The summed E-state index contributed by atoms with van der Waals surface area (Å²) in [6.45, 7) is 0.729. The number of benzene rings is 1. The van der Waals surface area contributed by atoms with Crippen LogP contribution in [0.4, 0.5) is 5.69 Å². The van der Waals surface area contributed by atoms with Gasteiger partial charge in [0.25, 0.3) is 11.8 Å². The van der Waals surface area contributed by atoms with Crippen molar-refractivity contribution in [2.24, 2.45) is 5.73 Å². The number of carbonyl (C=O) groups is 2. The van der Waals surface area contributed by atoms with Gasteiger partial charge in [-0.1, -0.05) is 12.1 Å². The molecule has 0 fully saturated rings. The zero-order chi connectivity index (χ0) is 15.2. The summed E-state index contributed by atoms with van der Waals surface area (Å²) in [6.07, 6.45) is -0.858. The van der Waals surface area contributed by atoms with Crippen LogP contribution < -0.4 is 15.4 Å². The Morgan fingerprint density at radius 1 is 1.38 bits per heavy atom. The van der Waals surface area contributed by atoms with Crippen LogP contribution in [-0.4, -0.2) is 51.4 Å². The monoisotopic (exact) mass is 294 g/mol. The number of ether oxygens (including phenoxy) is 3. The Kier molecular flexibility index (Phi) is 5.13. The van der Waals surface area contributed by atoms with Crippen molar-refractivity contribution in [3.8, 4) is 5.75 Å². The van der Waals surface area contributed by atoms with Crippen molar-refractivity contribution in [3.63, 3.8) is 0 Å². The number of amides is 2. The molecule has 0 aliphatic carbocycles. The Morgan fingerprint density at radius 3 is 2.86 bits per heavy atom. The Bertz CT molecular complexity index is 520. The average molecular weight is 294 g/mol. The highest BCUT2D eigenvalue weighted by molar-refractivity contribution is 5.97. The fraction of sp³-hybridized carbons (Fsp3) is 0.429. The van der Waals surface area contributed by atoms with E-state index in [1.54, 1.807) is 31.4 Å². The fourth-order valence-corrected chi connectivity index (χ4v) is 2.00. The van der Waals surface area contributed by atoms with Crippen LogP contribution in [0.1, 0.15) is 0 Å². The second-order valence-electron chi connectivity index (χ2n) is 4.53. The van der Waals surface area contributed by atoms with E-state index in [-0.39, 0.29) is 19.1 Å². The van der Waals surface area contributed by atoms with Gasteiger partial charge >= 0.3 is 0 Å². The topological polar surface area (TPSA) is 91.1 Å². The maximum Gasteiger partial charge on any atom is 0.260 e. The van der Waals surface area contributed by atoms with E-state index in [2.05, 4.69) is 0 Å². The van der Waals surface area contributed by atoms with Gasteiger partial charge in [-0.2, -0.15) is 0 Å². The molecule has 7 nitrogen and oxygen atoms in total. The van der Waals surface area contributed by atoms with Gasteiger partial charge in [0.15, 0.2) is 6.10 Å². The van der Waals surface area contributed by atoms with Crippen molar-refractivity contribution in [2.75, 3.05) is 38.4 Å². The number of carbonyl (C=O) groups excluding carboxylic acids is 2. The van der Waals surface area contributed by atoms with E-state index in [1.165, 1.54) is 4.90 Å². The normalized spacial score (nSPS) is 17.0.